The third kappa shape index (κ3) is 4.94. The van der Waals surface area contributed by atoms with Crippen LogP contribution in [-0.2, 0) is 10.0 Å². The lowest BCUT2D eigenvalue weighted by Gasteiger charge is -2.19. The van der Waals surface area contributed by atoms with Crippen LogP contribution >= 0.6 is 12.2 Å². The smallest absolute Gasteiger partial charge is 0.243 e. The summed E-state index contributed by atoms with van der Waals surface area (Å²) in [6, 6.07) is 6.45. The van der Waals surface area contributed by atoms with Gasteiger partial charge in [0, 0.05) is 25.3 Å². The Labute approximate surface area is 137 Å². The summed E-state index contributed by atoms with van der Waals surface area (Å²) < 4.78 is 26.3. The molecule has 0 aliphatic rings. The minimum absolute atomic E-state index is 0.219. The maximum absolute atomic E-state index is 12.5. The van der Waals surface area contributed by atoms with E-state index in [9.17, 15) is 8.42 Å². The minimum atomic E-state index is -3.57. The first-order valence-electron chi connectivity index (χ1n) is 6.82. The normalized spacial score (nSPS) is 11.0. The summed E-state index contributed by atoms with van der Waals surface area (Å²) in [4.78, 5) is 0.219. The Morgan fingerprint density at radius 3 is 2.23 bits per heavy atom. The van der Waals surface area contributed by atoms with E-state index in [0.29, 0.717) is 5.11 Å². The van der Waals surface area contributed by atoms with Gasteiger partial charge in [0.05, 0.1) is 4.90 Å². The number of hydrogen-bond donors (Lipinski definition) is 2. The van der Waals surface area contributed by atoms with Crippen LogP contribution < -0.4 is 10.6 Å². The highest BCUT2D eigenvalue weighted by atomic mass is 32.2. The summed E-state index contributed by atoms with van der Waals surface area (Å²) in [5, 5.41) is 6.44. The van der Waals surface area contributed by atoms with E-state index in [1.807, 2.05) is 6.92 Å². The van der Waals surface area contributed by atoms with Crippen LogP contribution in [-0.4, -0.2) is 37.5 Å². The molecule has 1 aromatic carbocycles. The second-order valence-corrected chi connectivity index (χ2v) is 6.75. The Hall–Kier alpha value is -1.70. The second-order valence-electron chi connectivity index (χ2n) is 4.41. The zero-order valence-electron chi connectivity index (χ0n) is 12.6. The van der Waals surface area contributed by atoms with Crippen LogP contribution in [0.2, 0.25) is 0 Å². The van der Waals surface area contributed by atoms with E-state index in [1.165, 1.54) is 4.31 Å². The van der Waals surface area contributed by atoms with Gasteiger partial charge in [-0.3, -0.25) is 0 Å². The Kier molecular flexibility index (Phi) is 7.23. The molecule has 120 valence electrons. The average molecular weight is 339 g/mol. The van der Waals surface area contributed by atoms with Crippen molar-refractivity contribution in [2.45, 2.75) is 11.8 Å². The number of anilines is 1. The summed E-state index contributed by atoms with van der Waals surface area (Å²) in [5.41, 5.74) is 0.726. The van der Waals surface area contributed by atoms with E-state index in [1.54, 1.807) is 36.4 Å². The molecule has 7 heteroatoms. The first kappa shape index (κ1) is 18.3. The summed E-state index contributed by atoms with van der Waals surface area (Å²) in [6.45, 7) is 10.3. The molecule has 0 fully saturated rings. The van der Waals surface area contributed by atoms with E-state index in [4.69, 9.17) is 12.2 Å². The fourth-order valence-corrected chi connectivity index (χ4v) is 3.40. The number of nitrogens with one attached hydrogen (secondary N) is 2. The standard InChI is InChI=1S/C15H21N3O2S2/c1-4-11-18(12-5-2)22(19,20)14-9-7-13(8-10-14)17-15(21)16-6-3/h4-5,7-10H,1-2,6,11-12H2,3H3,(H2,16,17,21). The summed E-state index contributed by atoms with van der Waals surface area (Å²) in [6.07, 6.45) is 3.09. The van der Waals surface area contributed by atoms with E-state index in [0.717, 1.165) is 12.2 Å². The van der Waals surface area contributed by atoms with Crippen LogP contribution in [0.4, 0.5) is 5.69 Å². The number of rotatable bonds is 8. The van der Waals surface area contributed by atoms with E-state index in [2.05, 4.69) is 23.8 Å². The lowest BCUT2D eigenvalue weighted by atomic mass is 10.3. The van der Waals surface area contributed by atoms with Gasteiger partial charge < -0.3 is 10.6 Å². The molecule has 1 aromatic rings. The summed E-state index contributed by atoms with van der Waals surface area (Å²) in [7, 11) is -3.57. The first-order chi connectivity index (χ1) is 10.5. The van der Waals surface area contributed by atoms with Crippen LogP contribution in [0.3, 0.4) is 0 Å². The summed E-state index contributed by atoms with van der Waals surface area (Å²) >= 11 is 5.08. The van der Waals surface area contributed by atoms with Crippen molar-refractivity contribution in [3.8, 4) is 0 Å². The topological polar surface area (TPSA) is 61.4 Å². The van der Waals surface area contributed by atoms with Crippen molar-refractivity contribution in [2.24, 2.45) is 0 Å². The Balaban J connectivity index is 2.94. The Bertz CT molecular complexity index is 615. The fraction of sp³-hybridized carbons (Fsp3) is 0.267. The van der Waals surface area contributed by atoms with Crippen LogP contribution in [0.5, 0.6) is 0 Å². The van der Waals surface area contributed by atoms with Gasteiger partial charge in [-0.1, -0.05) is 12.2 Å². The molecule has 0 bridgehead atoms. The minimum Gasteiger partial charge on any atom is -0.363 e. The molecule has 1 rings (SSSR count). The molecular formula is C15H21N3O2S2. The predicted molar refractivity (Wildman–Crippen MR) is 95.5 cm³/mol. The van der Waals surface area contributed by atoms with Gasteiger partial charge in [0.15, 0.2) is 5.11 Å². The molecule has 0 saturated carbocycles. The molecule has 0 spiro atoms. The van der Waals surface area contributed by atoms with Gasteiger partial charge in [0.25, 0.3) is 0 Å². The molecule has 22 heavy (non-hydrogen) atoms. The van der Waals surface area contributed by atoms with Crippen LogP contribution in [0.15, 0.2) is 54.5 Å². The Morgan fingerprint density at radius 1 is 1.23 bits per heavy atom. The molecule has 0 heterocycles. The van der Waals surface area contributed by atoms with Gasteiger partial charge in [0.1, 0.15) is 0 Å². The lowest BCUT2D eigenvalue weighted by molar-refractivity contribution is 0.474. The predicted octanol–water partition coefficient (Wildman–Crippen LogP) is 2.36. The molecule has 2 N–H and O–H groups in total. The molecule has 0 aromatic heterocycles. The van der Waals surface area contributed by atoms with Crippen LogP contribution in [0.1, 0.15) is 6.92 Å². The van der Waals surface area contributed by atoms with Crippen molar-refractivity contribution >= 4 is 33.0 Å². The monoisotopic (exact) mass is 339 g/mol. The van der Waals surface area contributed by atoms with Crippen molar-refractivity contribution in [2.75, 3.05) is 25.0 Å². The third-order valence-corrected chi connectivity index (χ3v) is 4.85. The number of hydrogen-bond acceptors (Lipinski definition) is 3. The quantitative estimate of drug-likeness (QED) is 0.562. The van der Waals surface area contributed by atoms with Crippen molar-refractivity contribution in [1.82, 2.24) is 9.62 Å². The average Bonchev–Trinajstić information content (AvgIpc) is 2.48. The molecule has 0 aliphatic heterocycles. The van der Waals surface area contributed by atoms with Gasteiger partial charge in [-0.25, -0.2) is 8.42 Å². The van der Waals surface area contributed by atoms with Crippen LogP contribution in [0.25, 0.3) is 0 Å². The van der Waals surface area contributed by atoms with Gasteiger partial charge >= 0.3 is 0 Å². The van der Waals surface area contributed by atoms with Crippen LogP contribution in [0, 0.1) is 0 Å². The highest BCUT2D eigenvalue weighted by Crippen LogP contribution is 2.18. The van der Waals surface area contributed by atoms with Gasteiger partial charge in [0.2, 0.25) is 10.0 Å². The maximum Gasteiger partial charge on any atom is 0.243 e. The number of nitrogens with zero attached hydrogens (tertiary/aromatic N) is 1. The van der Waals surface area contributed by atoms with E-state index in [-0.39, 0.29) is 18.0 Å². The van der Waals surface area contributed by atoms with Crippen molar-refractivity contribution < 1.29 is 8.42 Å². The highest BCUT2D eigenvalue weighted by Gasteiger charge is 2.22. The SMILES string of the molecule is C=CCN(CC=C)S(=O)(=O)c1ccc(NC(=S)NCC)cc1. The summed E-state index contributed by atoms with van der Waals surface area (Å²) in [5.74, 6) is 0. The third-order valence-electron chi connectivity index (χ3n) is 2.75. The number of sulfonamides is 1. The molecule has 0 amide bonds. The molecule has 5 nitrogen and oxygen atoms in total. The van der Waals surface area contributed by atoms with Gasteiger partial charge in [-0.15, -0.1) is 13.2 Å². The zero-order chi connectivity index (χ0) is 16.6. The zero-order valence-corrected chi connectivity index (χ0v) is 14.2. The second kappa shape index (κ2) is 8.67. The number of thiocarbonyl (C=S) groups is 1. The molecular weight excluding hydrogens is 318 g/mol. The molecule has 0 atom stereocenters. The first-order valence-corrected chi connectivity index (χ1v) is 8.67. The lowest BCUT2D eigenvalue weighted by Crippen LogP contribution is -2.31. The van der Waals surface area contributed by atoms with Crippen molar-refractivity contribution in [1.29, 1.82) is 0 Å². The molecule has 0 radical (unpaired) electrons. The highest BCUT2D eigenvalue weighted by molar-refractivity contribution is 7.89. The van der Waals surface area contributed by atoms with E-state index < -0.39 is 10.0 Å². The van der Waals surface area contributed by atoms with Crippen molar-refractivity contribution in [3.05, 3.63) is 49.6 Å². The molecule has 0 saturated heterocycles. The van der Waals surface area contributed by atoms with Gasteiger partial charge in [-0.2, -0.15) is 4.31 Å². The largest absolute Gasteiger partial charge is 0.363 e. The molecule has 0 aliphatic carbocycles. The van der Waals surface area contributed by atoms with E-state index >= 15 is 0 Å². The van der Waals surface area contributed by atoms with Crippen molar-refractivity contribution in [3.63, 3.8) is 0 Å². The number of benzene rings is 1. The Morgan fingerprint density at radius 2 is 1.77 bits per heavy atom. The van der Waals surface area contributed by atoms with Gasteiger partial charge in [-0.05, 0) is 43.4 Å². The fourth-order valence-electron chi connectivity index (χ4n) is 1.75. The maximum atomic E-state index is 12.5. The molecule has 0 unspecified atom stereocenters.